The van der Waals surface area contributed by atoms with Gasteiger partial charge < -0.3 is 20.4 Å². The molecule has 0 radical (unpaired) electrons. The lowest BCUT2D eigenvalue weighted by atomic mass is 10.2. The second-order valence-electron chi connectivity index (χ2n) is 6.41. The fourth-order valence-electron chi connectivity index (χ4n) is 2.78. The van der Waals surface area contributed by atoms with E-state index in [0.29, 0.717) is 11.8 Å². The molecule has 0 bridgehead atoms. The number of nitrogens with zero attached hydrogens (tertiary/aromatic N) is 5. The molecule has 25 heavy (non-hydrogen) atoms. The summed E-state index contributed by atoms with van der Waals surface area (Å²) in [4.78, 5) is 9.23. The third-order valence-electron chi connectivity index (χ3n) is 4.38. The lowest BCUT2D eigenvalue weighted by Gasteiger charge is -2.34. The number of piperazine rings is 1. The summed E-state index contributed by atoms with van der Waals surface area (Å²) in [7, 11) is 2.17. The number of hydrogen-bond donors (Lipinski definition) is 2. The summed E-state index contributed by atoms with van der Waals surface area (Å²) in [5.41, 5.74) is 2.26. The molecule has 2 heterocycles. The second-order valence-corrected chi connectivity index (χ2v) is 6.41. The largest absolute Gasteiger partial charge is 0.369 e. The van der Waals surface area contributed by atoms with Gasteiger partial charge in [0.2, 0.25) is 5.95 Å². The molecule has 134 valence electrons. The molecule has 1 aliphatic rings. The maximum absolute atomic E-state index is 4.45. The first-order valence-electron chi connectivity index (χ1n) is 8.99. The Morgan fingerprint density at radius 1 is 1.08 bits per heavy atom. The molecular weight excluding hydrogens is 314 g/mol. The van der Waals surface area contributed by atoms with Crippen LogP contribution in [0.5, 0.6) is 0 Å². The zero-order valence-electron chi connectivity index (χ0n) is 15.1. The standard InChI is InChI=1S/C18H27N7/c1-3-4-9-19-18-22-17(14-20-23-18)21-15-5-7-16(8-6-15)25-12-10-24(2)11-13-25/h5-8,14H,3-4,9-13H2,1-2H3,(H2,19,21,22,23). The molecule has 0 atom stereocenters. The highest BCUT2D eigenvalue weighted by molar-refractivity contribution is 5.61. The average molecular weight is 341 g/mol. The van der Waals surface area contributed by atoms with Gasteiger partial charge in [0, 0.05) is 44.1 Å². The van der Waals surface area contributed by atoms with E-state index in [1.54, 1.807) is 6.20 Å². The summed E-state index contributed by atoms with van der Waals surface area (Å²) in [5, 5.41) is 14.5. The number of aromatic nitrogens is 3. The maximum atomic E-state index is 4.45. The molecular formula is C18H27N7. The van der Waals surface area contributed by atoms with Gasteiger partial charge in [0.05, 0.1) is 6.20 Å². The van der Waals surface area contributed by atoms with Gasteiger partial charge in [-0.05, 0) is 37.7 Å². The van der Waals surface area contributed by atoms with E-state index in [-0.39, 0.29) is 0 Å². The molecule has 1 aliphatic heterocycles. The zero-order chi connectivity index (χ0) is 17.5. The highest BCUT2D eigenvalue weighted by Crippen LogP contribution is 2.21. The Balaban J connectivity index is 1.58. The van der Waals surface area contributed by atoms with Gasteiger partial charge in [-0.3, -0.25) is 0 Å². The van der Waals surface area contributed by atoms with Gasteiger partial charge in [-0.25, -0.2) is 0 Å². The predicted octanol–water partition coefficient (Wildman–Crippen LogP) is 2.58. The summed E-state index contributed by atoms with van der Waals surface area (Å²) in [6.45, 7) is 7.39. The first-order chi connectivity index (χ1) is 12.2. The van der Waals surface area contributed by atoms with Gasteiger partial charge in [0.25, 0.3) is 0 Å². The van der Waals surface area contributed by atoms with Crippen LogP contribution in [0.15, 0.2) is 30.5 Å². The highest BCUT2D eigenvalue weighted by Gasteiger charge is 2.13. The van der Waals surface area contributed by atoms with Crippen LogP contribution in [0.3, 0.4) is 0 Å². The Bertz CT molecular complexity index is 651. The monoisotopic (exact) mass is 341 g/mol. The van der Waals surface area contributed by atoms with Crippen molar-refractivity contribution in [1.29, 1.82) is 0 Å². The number of benzene rings is 1. The van der Waals surface area contributed by atoms with Crippen molar-refractivity contribution in [2.24, 2.45) is 0 Å². The molecule has 7 nitrogen and oxygen atoms in total. The Morgan fingerprint density at radius 2 is 1.84 bits per heavy atom. The Morgan fingerprint density at radius 3 is 2.56 bits per heavy atom. The Labute approximate surface area is 149 Å². The SMILES string of the molecule is CCCCNc1nncc(Nc2ccc(N3CCN(C)CC3)cc2)n1. The van der Waals surface area contributed by atoms with Gasteiger partial charge >= 0.3 is 0 Å². The second kappa shape index (κ2) is 8.62. The minimum atomic E-state index is 0.563. The Hall–Kier alpha value is -2.41. The van der Waals surface area contributed by atoms with Crippen molar-refractivity contribution in [3.8, 4) is 0 Å². The lowest BCUT2D eigenvalue weighted by Crippen LogP contribution is -2.44. The summed E-state index contributed by atoms with van der Waals surface area (Å²) in [5.74, 6) is 1.26. The fourth-order valence-corrected chi connectivity index (χ4v) is 2.78. The molecule has 0 saturated carbocycles. The van der Waals surface area contributed by atoms with Crippen LogP contribution in [0.25, 0.3) is 0 Å². The summed E-state index contributed by atoms with van der Waals surface area (Å²) >= 11 is 0. The molecule has 2 aromatic rings. The van der Waals surface area contributed by atoms with Crippen LogP contribution in [-0.4, -0.2) is 59.9 Å². The predicted molar refractivity (Wildman–Crippen MR) is 103 cm³/mol. The molecule has 2 N–H and O–H groups in total. The van der Waals surface area contributed by atoms with Crippen LogP contribution in [0.1, 0.15) is 19.8 Å². The molecule has 1 aromatic carbocycles. The molecule has 0 amide bonds. The smallest absolute Gasteiger partial charge is 0.244 e. The normalized spacial score (nSPS) is 15.2. The number of likely N-dealkylation sites (N-methyl/N-ethyl adjacent to an activating group) is 1. The number of nitrogens with one attached hydrogen (secondary N) is 2. The first-order valence-corrected chi connectivity index (χ1v) is 8.99. The summed E-state index contributed by atoms with van der Waals surface area (Å²) < 4.78 is 0. The van der Waals surface area contributed by atoms with Crippen LogP contribution in [0.2, 0.25) is 0 Å². The molecule has 0 aliphatic carbocycles. The van der Waals surface area contributed by atoms with Crippen molar-refractivity contribution in [3.05, 3.63) is 30.5 Å². The number of rotatable bonds is 7. The minimum Gasteiger partial charge on any atom is -0.369 e. The van der Waals surface area contributed by atoms with Crippen LogP contribution in [0, 0.1) is 0 Å². The van der Waals surface area contributed by atoms with Gasteiger partial charge in [-0.2, -0.15) is 10.1 Å². The lowest BCUT2D eigenvalue weighted by molar-refractivity contribution is 0.313. The topological polar surface area (TPSA) is 69.2 Å². The summed E-state index contributed by atoms with van der Waals surface area (Å²) in [6.07, 6.45) is 3.87. The summed E-state index contributed by atoms with van der Waals surface area (Å²) in [6, 6.07) is 8.48. The van der Waals surface area contributed by atoms with Crippen LogP contribution in [0.4, 0.5) is 23.1 Å². The fraction of sp³-hybridized carbons (Fsp3) is 0.500. The number of unbranched alkanes of at least 4 members (excludes halogenated alkanes) is 1. The third kappa shape index (κ3) is 5.03. The van der Waals surface area contributed by atoms with Gasteiger partial charge in [0.1, 0.15) is 0 Å². The third-order valence-corrected chi connectivity index (χ3v) is 4.38. The quantitative estimate of drug-likeness (QED) is 0.750. The van der Waals surface area contributed by atoms with Crippen LogP contribution >= 0.6 is 0 Å². The number of anilines is 4. The van der Waals surface area contributed by atoms with E-state index >= 15 is 0 Å². The molecule has 1 saturated heterocycles. The van der Waals surface area contributed by atoms with E-state index in [1.807, 2.05) is 0 Å². The van der Waals surface area contributed by atoms with Gasteiger partial charge in [-0.1, -0.05) is 13.3 Å². The number of hydrogen-bond acceptors (Lipinski definition) is 7. The van der Waals surface area contributed by atoms with Crippen LogP contribution < -0.4 is 15.5 Å². The Kier molecular flexibility index (Phi) is 6.00. The van der Waals surface area contributed by atoms with Crippen molar-refractivity contribution in [1.82, 2.24) is 20.1 Å². The molecule has 0 unspecified atom stereocenters. The average Bonchev–Trinajstić information content (AvgIpc) is 2.64. The minimum absolute atomic E-state index is 0.563. The first kappa shape index (κ1) is 17.4. The van der Waals surface area contributed by atoms with Gasteiger partial charge in [-0.15, -0.1) is 5.10 Å². The molecule has 3 rings (SSSR count). The molecule has 0 spiro atoms. The van der Waals surface area contributed by atoms with Crippen LogP contribution in [-0.2, 0) is 0 Å². The molecule has 1 aromatic heterocycles. The van der Waals surface area contributed by atoms with E-state index in [4.69, 9.17) is 0 Å². The van der Waals surface area contributed by atoms with Crippen molar-refractivity contribution in [2.45, 2.75) is 19.8 Å². The van der Waals surface area contributed by atoms with Crippen molar-refractivity contribution >= 4 is 23.1 Å². The zero-order valence-corrected chi connectivity index (χ0v) is 15.1. The van der Waals surface area contributed by atoms with E-state index in [9.17, 15) is 0 Å². The molecule has 1 fully saturated rings. The van der Waals surface area contributed by atoms with E-state index in [0.717, 1.165) is 51.3 Å². The van der Waals surface area contributed by atoms with Crippen molar-refractivity contribution in [3.63, 3.8) is 0 Å². The van der Waals surface area contributed by atoms with E-state index in [2.05, 4.69) is 73.9 Å². The van der Waals surface area contributed by atoms with E-state index < -0.39 is 0 Å². The van der Waals surface area contributed by atoms with Crippen molar-refractivity contribution in [2.75, 3.05) is 55.3 Å². The van der Waals surface area contributed by atoms with Crippen molar-refractivity contribution < 1.29 is 0 Å². The van der Waals surface area contributed by atoms with Gasteiger partial charge in [0.15, 0.2) is 5.82 Å². The highest BCUT2D eigenvalue weighted by atomic mass is 15.3. The molecule has 7 heteroatoms. The van der Waals surface area contributed by atoms with E-state index in [1.165, 1.54) is 5.69 Å². The maximum Gasteiger partial charge on any atom is 0.244 e.